The third kappa shape index (κ3) is 1.99. The molecule has 23 heavy (non-hydrogen) atoms. The van der Waals surface area contributed by atoms with E-state index < -0.39 is 5.92 Å². The number of methoxy groups -OCH3 is 1. The van der Waals surface area contributed by atoms with Crippen LogP contribution in [0.25, 0.3) is 0 Å². The summed E-state index contributed by atoms with van der Waals surface area (Å²) >= 11 is 3.39. The minimum Gasteiger partial charge on any atom is -0.496 e. The molecule has 1 aromatic rings. The molecule has 1 aromatic carbocycles. The number of benzene rings is 1. The number of ketones is 2. The molecule has 6 atom stereocenters. The van der Waals surface area contributed by atoms with Crippen LogP contribution < -0.4 is 4.74 Å². The second kappa shape index (κ2) is 5.28. The molecule has 3 fully saturated rings. The fourth-order valence-corrected chi connectivity index (χ4v) is 4.80. The van der Waals surface area contributed by atoms with Crippen LogP contribution >= 0.6 is 15.9 Å². The van der Waals surface area contributed by atoms with Crippen LogP contribution in [0.2, 0.25) is 0 Å². The van der Waals surface area contributed by atoms with Gasteiger partial charge < -0.3 is 9.47 Å². The molecule has 1 unspecified atom stereocenters. The smallest absolute Gasteiger partial charge is 0.154 e. The van der Waals surface area contributed by atoms with Gasteiger partial charge in [0.15, 0.2) is 11.6 Å². The van der Waals surface area contributed by atoms with Crippen molar-refractivity contribution in [1.82, 2.24) is 0 Å². The number of fused-ring (bicyclic) bond motifs is 5. The lowest BCUT2D eigenvalue weighted by Gasteiger charge is -2.23. The van der Waals surface area contributed by atoms with Crippen LogP contribution in [0.1, 0.15) is 17.9 Å². The van der Waals surface area contributed by atoms with Crippen LogP contribution in [0.3, 0.4) is 0 Å². The largest absolute Gasteiger partial charge is 0.496 e. The fourth-order valence-electron chi connectivity index (χ4n) is 4.46. The summed E-state index contributed by atoms with van der Waals surface area (Å²) in [6, 6.07) is 5.43. The highest BCUT2D eigenvalue weighted by Crippen LogP contribution is 2.55. The SMILES string of the molecule is C=C[C@@H]1C[C@@H]2O[C@H]1[C@H]1C(=O)C(c3ccc(Br)cc3OC)C(=O)[C@H]12. The van der Waals surface area contributed by atoms with Crippen molar-refractivity contribution in [1.29, 1.82) is 0 Å². The minimum atomic E-state index is -0.731. The molecule has 0 spiro atoms. The Labute approximate surface area is 143 Å². The number of rotatable bonds is 3. The maximum absolute atomic E-state index is 13.0. The van der Waals surface area contributed by atoms with Crippen molar-refractivity contribution in [2.75, 3.05) is 7.11 Å². The molecular weight excluding hydrogens is 360 g/mol. The summed E-state index contributed by atoms with van der Waals surface area (Å²) in [6.07, 6.45) is 2.31. The van der Waals surface area contributed by atoms with Gasteiger partial charge in [-0.2, -0.15) is 0 Å². The number of carbonyl (C=O) groups excluding carboxylic acids is 2. The molecule has 0 N–H and O–H groups in total. The molecule has 3 aliphatic rings. The molecule has 1 saturated carbocycles. The van der Waals surface area contributed by atoms with Crippen LogP contribution in [-0.4, -0.2) is 30.9 Å². The molecule has 2 saturated heterocycles. The first kappa shape index (κ1) is 15.1. The van der Waals surface area contributed by atoms with Gasteiger partial charge >= 0.3 is 0 Å². The maximum Gasteiger partial charge on any atom is 0.154 e. The summed E-state index contributed by atoms with van der Waals surface area (Å²) in [6.45, 7) is 3.83. The molecular formula is C18H17BrO4. The second-order valence-electron chi connectivity index (χ2n) is 6.45. The van der Waals surface area contributed by atoms with Gasteiger partial charge in [-0.25, -0.2) is 0 Å². The zero-order valence-electron chi connectivity index (χ0n) is 12.7. The Morgan fingerprint density at radius 1 is 1.30 bits per heavy atom. The van der Waals surface area contributed by atoms with Gasteiger partial charge in [0.05, 0.1) is 31.2 Å². The van der Waals surface area contributed by atoms with Crippen molar-refractivity contribution in [2.45, 2.75) is 24.5 Å². The van der Waals surface area contributed by atoms with Crippen LogP contribution in [-0.2, 0) is 14.3 Å². The fraction of sp³-hybridized carbons (Fsp3) is 0.444. The Balaban J connectivity index is 1.74. The highest BCUT2D eigenvalue weighted by atomic mass is 79.9. The third-order valence-electron chi connectivity index (χ3n) is 5.44. The van der Waals surface area contributed by atoms with E-state index in [1.807, 2.05) is 12.1 Å². The van der Waals surface area contributed by atoms with Crippen molar-refractivity contribution < 1.29 is 19.1 Å². The van der Waals surface area contributed by atoms with Gasteiger partial charge in [0, 0.05) is 16.0 Å². The van der Waals surface area contributed by atoms with E-state index in [4.69, 9.17) is 9.47 Å². The summed E-state index contributed by atoms with van der Waals surface area (Å²) in [5, 5.41) is 0. The quantitative estimate of drug-likeness (QED) is 0.601. The molecule has 0 amide bonds. The van der Waals surface area contributed by atoms with Crippen molar-refractivity contribution in [2.24, 2.45) is 17.8 Å². The number of hydrogen-bond donors (Lipinski definition) is 0. The molecule has 2 bridgehead atoms. The van der Waals surface area contributed by atoms with E-state index in [0.717, 1.165) is 10.9 Å². The van der Waals surface area contributed by atoms with E-state index in [2.05, 4.69) is 22.5 Å². The van der Waals surface area contributed by atoms with Crippen molar-refractivity contribution in [3.63, 3.8) is 0 Å². The van der Waals surface area contributed by atoms with Gasteiger partial charge in [0.1, 0.15) is 11.7 Å². The molecule has 120 valence electrons. The van der Waals surface area contributed by atoms with E-state index in [1.165, 1.54) is 0 Å². The summed E-state index contributed by atoms with van der Waals surface area (Å²) in [4.78, 5) is 25.9. The normalized spacial score (nSPS) is 38.0. The Bertz CT molecular complexity index is 713. The predicted molar refractivity (Wildman–Crippen MR) is 87.4 cm³/mol. The van der Waals surface area contributed by atoms with Crippen molar-refractivity contribution in [3.8, 4) is 5.75 Å². The van der Waals surface area contributed by atoms with E-state index in [1.54, 1.807) is 19.2 Å². The topological polar surface area (TPSA) is 52.6 Å². The lowest BCUT2D eigenvalue weighted by Crippen LogP contribution is -2.34. The lowest BCUT2D eigenvalue weighted by atomic mass is 9.75. The predicted octanol–water partition coefficient (Wildman–Crippen LogP) is 2.90. The molecule has 4 nitrogen and oxygen atoms in total. The molecule has 2 heterocycles. The number of halogens is 1. The number of carbonyl (C=O) groups is 2. The first-order valence-electron chi connectivity index (χ1n) is 7.75. The van der Waals surface area contributed by atoms with Crippen molar-refractivity contribution in [3.05, 3.63) is 40.9 Å². The summed E-state index contributed by atoms with van der Waals surface area (Å²) in [5.41, 5.74) is 0.662. The zero-order chi connectivity index (χ0) is 16.3. The Kier molecular flexibility index (Phi) is 3.46. The maximum atomic E-state index is 13.0. The zero-order valence-corrected chi connectivity index (χ0v) is 14.3. The summed E-state index contributed by atoms with van der Waals surface area (Å²) < 4.78 is 12.1. The second-order valence-corrected chi connectivity index (χ2v) is 7.37. The first-order chi connectivity index (χ1) is 11.1. The van der Waals surface area contributed by atoms with Gasteiger partial charge in [-0.05, 0) is 18.6 Å². The Morgan fingerprint density at radius 3 is 2.74 bits per heavy atom. The minimum absolute atomic E-state index is 0.0179. The highest BCUT2D eigenvalue weighted by molar-refractivity contribution is 9.10. The Hall–Kier alpha value is -1.46. The molecule has 1 aliphatic carbocycles. The van der Waals surface area contributed by atoms with Gasteiger partial charge in [0.25, 0.3) is 0 Å². The molecule has 5 heteroatoms. The molecule has 2 aliphatic heterocycles. The standard InChI is InChI=1S/C18H17BrO4/c1-3-8-6-12-14-15(18(8)23-12)17(21)13(16(14)20)10-5-4-9(19)7-11(10)22-2/h3-5,7-8,12-15,18H,1,6H2,2H3/t8-,12+,13?,14+,15-,18-/m1/s1. The van der Waals surface area contributed by atoms with Crippen molar-refractivity contribution >= 4 is 27.5 Å². The van der Waals surface area contributed by atoms with Gasteiger partial charge in [0.2, 0.25) is 0 Å². The first-order valence-corrected chi connectivity index (χ1v) is 8.55. The van der Waals surface area contributed by atoms with E-state index >= 15 is 0 Å². The van der Waals surface area contributed by atoms with E-state index in [9.17, 15) is 9.59 Å². The van der Waals surface area contributed by atoms with Crippen LogP contribution in [0.4, 0.5) is 0 Å². The van der Waals surface area contributed by atoms with Crippen LogP contribution in [0.5, 0.6) is 5.75 Å². The number of ether oxygens (including phenoxy) is 2. The van der Waals surface area contributed by atoms with Gasteiger partial charge in [-0.15, -0.1) is 6.58 Å². The molecule has 0 aromatic heterocycles. The van der Waals surface area contributed by atoms with Crippen LogP contribution in [0.15, 0.2) is 35.3 Å². The monoisotopic (exact) mass is 376 g/mol. The summed E-state index contributed by atoms with van der Waals surface area (Å²) in [7, 11) is 1.55. The van der Waals surface area contributed by atoms with E-state index in [-0.39, 0.29) is 41.5 Å². The average molecular weight is 377 g/mol. The number of hydrogen-bond acceptors (Lipinski definition) is 4. The van der Waals surface area contributed by atoms with E-state index in [0.29, 0.717) is 11.3 Å². The average Bonchev–Trinajstić information content (AvgIpc) is 3.19. The molecule has 0 radical (unpaired) electrons. The lowest BCUT2D eigenvalue weighted by molar-refractivity contribution is -0.127. The van der Waals surface area contributed by atoms with Gasteiger partial charge in [-0.3, -0.25) is 9.59 Å². The van der Waals surface area contributed by atoms with Crippen LogP contribution in [0, 0.1) is 17.8 Å². The summed E-state index contributed by atoms with van der Waals surface area (Å²) in [5.74, 6) is -0.673. The Morgan fingerprint density at radius 2 is 2.04 bits per heavy atom. The highest BCUT2D eigenvalue weighted by Gasteiger charge is 2.65. The number of Topliss-reactive ketones (excluding diaryl/α,β-unsaturated/α-hetero) is 2. The molecule has 4 rings (SSSR count). The third-order valence-corrected chi connectivity index (χ3v) is 5.93. The van der Waals surface area contributed by atoms with Gasteiger partial charge in [-0.1, -0.05) is 28.1 Å².